The van der Waals surface area contributed by atoms with Crippen molar-refractivity contribution in [1.82, 2.24) is 0 Å². The SMILES string of the molecule is CC(C)OCOC(=O)C1CC2C3CCC(C3)C2C1.CCC(C)(C)C(=O)OC.CCC(C)(C)C(=O)OC.CCC(C)(C)C(=O)OC1C2CC3C1OC(=O)C3(C(=O)OCOC)C2.CCC(C)(C)C(=O)OC1CC2CC1CC2C(=O)OCOC.CCC(C)(C)C(=O)OC1CCC(C(=O)OCOC)CC1.CCC(C)(C)C(=O)OCC(=O)OCC(=O)OCOC1CCCCC1.COCOC(=O)C1CC2C3CCC(C3)C2C1. The van der Waals surface area contributed by atoms with Crippen LogP contribution in [0.2, 0.25) is 0 Å². The first-order valence-corrected chi connectivity index (χ1v) is 52.0. The molecule has 34 nitrogen and oxygen atoms in total. The summed E-state index contributed by atoms with van der Waals surface area (Å²) in [5.41, 5.74) is -3.98. The summed E-state index contributed by atoms with van der Waals surface area (Å²) < 4.78 is 101. The topological polar surface area (TPSA) is 424 Å². The lowest BCUT2D eigenvalue weighted by molar-refractivity contribution is -0.175. The molecule has 0 aromatic carbocycles. The van der Waals surface area contributed by atoms with Crippen molar-refractivity contribution in [2.45, 2.75) is 368 Å². The number of rotatable bonds is 38. The molecule has 13 fully saturated rings. The molecule has 17 unspecified atom stereocenters. The molecule has 0 N–H and O–H groups in total. The number of hydrogen-bond acceptors (Lipinski definition) is 34. The first-order chi connectivity index (χ1) is 66.4. The minimum atomic E-state index is -1.25. The van der Waals surface area contributed by atoms with Crippen molar-refractivity contribution in [3.8, 4) is 0 Å². The Kier molecular flexibility index (Phi) is 49.2. The lowest BCUT2D eigenvalue weighted by Gasteiger charge is -2.32. The van der Waals surface area contributed by atoms with Crippen LogP contribution < -0.4 is 0 Å². The van der Waals surface area contributed by atoms with Gasteiger partial charge in [0.05, 0.1) is 82.6 Å². The third-order valence-corrected chi connectivity index (χ3v) is 32.9. The summed E-state index contributed by atoms with van der Waals surface area (Å²) in [6, 6.07) is 0. The van der Waals surface area contributed by atoms with Gasteiger partial charge in [-0.3, -0.25) is 57.5 Å². The first-order valence-electron chi connectivity index (χ1n) is 52.0. The maximum Gasteiger partial charge on any atom is 0.346 e. The minimum Gasteiger partial charge on any atom is -0.469 e. The Morgan fingerprint density at radius 1 is 0.348 bits per heavy atom. The van der Waals surface area contributed by atoms with E-state index < -0.39 is 82.3 Å². The summed E-state index contributed by atoms with van der Waals surface area (Å²) in [5.74, 6) is 2.99. The van der Waals surface area contributed by atoms with E-state index in [-0.39, 0.29) is 171 Å². The molecule has 1 saturated heterocycles. The summed E-state index contributed by atoms with van der Waals surface area (Å²) >= 11 is 0. The number of fused-ring (bicyclic) bond motifs is 13. The van der Waals surface area contributed by atoms with E-state index in [0.29, 0.717) is 44.4 Å². The quantitative estimate of drug-likeness (QED) is 0.0240. The van der Waals surface area contributed by atoms with Crippen LogP contribution in [0, 0.1) is 133 Å². The molecule has 0 radical (unpaired) electrons. The average molecular weight is 2010 g/mol. The third-order valence-electron chi connectivity index (χ3n) is 32.9. The van der Waals surface area contributed by atoms with Crippen LogP contribution in [0.5, 0.6) is 0 Å². The van der Waals surface area contributed by atoms with Gasteiger partial charge in [-0.1, -0.05) is 60.8 Å². The number of ether oxygens (including phenoxy) is 20. The Labute approximate surface area is 838 Å². The zero-order valence-corrected chi connectivity index (χ0v) is 90.0. The number of carbonyl (C=O) groups is 14. The molecule has 17 atom stereocenters. The van der Waals surface area contributed by atoms with Crippen LogP contribution in [-0.2, 0) is 162 Å². The molecule has 13 rings (SSSR count). The fraction of sp³-hybridized carbons (Fsp3) is 0.869. The van der Waals surface area contributed by atoms with Gasteiger partial charge in [-0.2, -0.15) is 0 Å². The van der Waals surface area contributed by atoms with Gasteiger partial charge in [-0.05, 0) is 329 Å². The lowest BCUT2D eigenvalue weighted by atomic mass is 9.73. The number of carbonyl (C=O) groups excluding carboxylic acids is 14. The van der Waals surface area contributed by atoms with Gasteiger partial charge in [0.25, 0.3) is 0 Å². The second-order valence-electron chi connectivity index (χ2n) is 44.8. The third kappa shape index (κ3) is 34.5. The van der Waals surface area contributed by atoms with Gasteiger partial charge in [0.2, 0.25) is 0 Å². The maximum absolute atomic E-state index is 12.4. The highest BCUT2D eigenvalue weighted by Crippen LogP contribution is 2.65. The summed E-state index contributed by atoms with van der Waals surface area (Å²) in [6.07, 6.45) is 28.1. The fourth-order valence-corrected chi connectivity index (χ4v) is 21.5. The Morgan fingerprint density at radius 2 is 0.738 bits per heavy atom. The zero-order valence-electron chi connectivity index (χ0n) is 90.0. The van der Waals surface area contributed by atoms with Crippen molar-refractivity contribution in [2.24, 2.45) is 133 Å². The van der Waals surface area contributed by atoms with Crippen molar-refractivity contribution in [2.75, 3.05) is 96.6 Å². The van der Waals surface area contributed by atoms with Crippen LogP contribution in [0.4, 0.5) is 0 Å². The van der Waals surface area contributed by atoms with Crippen molar-refractivity contribution >= 4 is 83.6 Å². The van der Waals surface area contributed by atoms with E-state index in [2.05, 4.69) is 9.47 Å². The van der Waals surface area contributed by atoms with Gasteiger partial charge in [0, 0.05) is 40.3 Å². The van der Waals surface area contributed by atoms with Crippen LogP contribution in [-0.4, -0.2) is 217 Å². The summed E-state index contributed by atoms with van der Waals surface area (Å²) in [7, 11) is 8.78. The van der Waals surface area contributed by atoms with E-state index >= 15 is 0 Å². The predicted octanol–water partition coefficient (Wildman–Crippen LogP) is 17.4. The molecule has 808 valence electrons. The molecule has 34 heteroatoms. The molecule has 0 spiro atoms. The molecular weight excluding hydrogens is 1830 g/mol. The number of esters is 14. The first kappa shape index (κ1) is 122. The van der Waals surface area contributed by atoms with Crippen LogP contribution in [0.3, 0.4) is 0 Å². The zero-order chi connectivity index (χ0) is 105. The highest BCUT2D eigenvalue weighted by atomic mass is 16.7. The van der Waals surface area contributed by atoms with E-state index in [1.807, 2.05) is 125 Å². The van der Waals surface area contributed by atoms with E-state index in [1.54, 1.807) is 21.0 Å². The van der Waals surface area contributed by atoms with Crippen molar-refractivity contribution in [3.63, 3.8) is 0 Å². The summed E-state index contributed by atoms with van der Waals surface area (Å²) in [6.45, 7) is 36.6. The van der Waals surface area contributed by atoms with Gasteiger partial charge in [0.1, 0.15) is 24.4 Å². The second kappa shape index (κ2) is 56.9. The van der Waals surface area contributed by atoms with Crippen molar-refractivity contribution in [3.05, 3.63) is 0 Å². The average Bonchev–Trinajstić information content (AvgIpc) is 1.52. The largest absolute Gasteiger partial charge is 0.469 e. The molecule has 12 saturated carbocycles. The van der Waals surface area contributed by atoms with Crippen molar-refractivity contribution < 1.29 is 162 Å². The Hall–Kier alpha value is -7.66. The highest BCUT2D eigenvalue weighted by Gasteiger charge is 2.76. The maximum atomic E-state index is 12.4. The van der Waals surface area contributed by atoms with Crippen LogP contribution >= 0.6 is 0 Å². The Balaban J connectivity index is 0.000000251. The molecule has 141 heavy (non-hydrogen) atoms. The van der Waals surface area contributed by atoms with Gasteiger partial charge in [-0.15, -0.1) is 0 Å². The summed E-state index contributed by atoms with van der Waals surface area (Å²) in [5, 5.41) is 0. The molecule has 0 aromatic heterocycles. The lowest BCUT2D eigenvalue weighted by Crippen LogP contribution is -2.46. The minimum absolute atomic E-state index is 0.00155. The van der Waals surface area contributed by atoms with Crippen LogP contribution in [0.15, 0.2) is 0 Å². The fourth-order valence-electron chi connectivity index (χ4n) is 21.5. The van der Waals surface area contributed by atoms with E-state index in [0.717, 1.165) is 156 Å². The molecule has 1 heterocycles. The monoisotopic (exact) mass is 2010 g/mol. The molecule has 12 aliphatic carbocycles. The highest BCUT2D eigenvalue weighted by molar-refractivity contribution is 6.03. The molecule has 0 aromatic rings. The molecule has 13 aliphatic rings. The predicted molar refractivity (Wildman–Crippen MR) is 514 cm³/mol. The molecule has 8 bridgehead atoms. The standard InChI is InChI=1S/C17H24O7.C17H28O7.C16H26O5.C15H26O5.C15H24O3.C13H20O3.2C7H14O2/c1-5-16(2,3)13(18)23-11-9-6-10-12(11)24-15(20)17(10,7-9)14(19)22-8-21-4;1-4-17(2,3)16(20)22-11-14(18)21-10-15(19)24-12-23-13-8-6-5-7-9-13;1-5-16(2,3)15(18)21-13-8-10-6-11(13)7-12(10)14(17)20-9-19-4;1-5-15(2,3)14(17)20-12-8-6-11(7-9-12)13(16)19-10-18-4;1-9(2)17-8-18-15(16)12-6-13-10-3-4-11(5-10)14(13)7-12;1-15-7-16-13(14)10-5-11-8-2-3-9(4-8)12(11)6-10;2*1-5-7(2,3)6(8)9-4/h9-12H,5-8H2,1-4H3;13H,4-12H2,1-3H3;10-13H,5-9H2,1-4H3;11-12H,5-10H2,1-4H3;9-14H,3-8H2,1-2H3;8-12H,2-7H2,1H3;2*5H2,1-4H3. The normalized spacial score (nSPS) is 28.6. The van der Waals surface area contributed by atoms with E-state index in [9.17, 15) is 67.1 Å². The molecule has 1 aliphatic heterocycles. The van der Waals surface area contributed by atoms with Crippen LogP contribution in [0.1, 0.15) is 331 Å². The number of hydrogen-bond donors (Lipinski definition) is 0. The molecular formula is C107H176O34. The Bertz CT molecular complexity index is 3940. The molecule has 0 amide bonds. The smallest absolute Gasteiger partial charge is 0.346 e. The van der Waals surface area contributed by atoms with Crippen molar-refractivity contribution in [1.29, 1.82) is 0 Å². The summed E-state index contributed by atoms with van der Waals surface area (Å²) in [4.78, 5) is 165. The van der Waals surface area contributed by atoms with Gasteiger partial charge >= 0.3 is 83.6 Å². The van der Waals surface area contributed by atoms with Gasteiger partial charge < -0.3 is 94.7 Å². The second-order valence-corrected chi connectivity index (χ2v) is 44.8. The van der Waals surface area contributed by atoms with Crippen LogP contribution in [0.25, 0.3) is 0 Å². The van der Waals surface area contributed by atoms with Gasteiger partial charge in [-0.25, -0.2) is 9.59 Å². The Morgan fingerprint density at radius 3 is 1.16 bits per heavy atom. The number of methoxy groups -OCH3 is 6. The van der Waals surface area contributed by atoms with Gasteiger partial charge in [0.15, 0.2) is 59.4 Å². The van der Waals surface area contributed by atoms with E-state index in [1.165, 1.54) is 80.5 Å². The van der Waals surface area contributed by atoms with E-state index in [4.69, 9.17) is 85.3 Å².